The first-order valence-electron chi connectivity index (χ1n) is 9.72. The van der Waals surface area contributed by atoms with Gasteiger partial charge in [0.15, 0.2) is 0 Å². The number of amides is 1. The molecule has 3 aromatic heterocycles. The fraction of sp³-hybridized carbons (Fsp3) is 0.381. The van der Waals surface area contributed by atoms with Crippen LogP contribution in [0.4, 0.5) is 0 Å². The molecule has 1 amide bonds. The number of H-pyrrole nitrogens is 1. The Hall–Kier alpha value is -2.51. The molecule has 0 bridgehead atoms. The van der Waals surface area contributed by atoms with E-state index in [4.69, 9.17) is 0 Å². The highest BCUT2D eigenvalue weighted by Gasteiger charge is 2.28. The predicted octanol–water partition coefficient (Wildman–Crippen LogP) is 3.48. The Morgan fingerprint density at radius 1 is 1.32 bits per heavy atom. The Bertz CT molecular complexity index is 920. The molecule has 1 fully saturated rings. The van der Waals surface area contributed by atoms with Gasteiger partial charge in [0.2, 0.25) is 0 Å². The zero-order chi connectivity index (χ0) is 19.3. The number of hydrogen-bond donors (Lipinski definition) is 2. The van der Waals surface area contributed by atoms with Gasteiger partial charge in [0, 0.05) is 48.0 Å². The van der Waals surface area contributed by atoms with E-state index in [1.807, 2.05) is 31.2 Å². The lowest BCUT2D eigenvalue weighted by atomic mass is 10.2. The Balaban J connectivity index is 1.34. The molecule has 146 valence electrons. The number of thiophene rings is 1. The molecule has 7 heteroatoms. The second-order valence-electron chi connectivity index (χ2n) is 7.20. The molecule has 1 saturated heterocycles. The van der Waals surface area contributed by atoms with Crippen molar-refractivity contribution in [2.75, 3.05) is 13.1 Å². The van der Waals surface area contributed by atoms with Crippen LogP contribution >= 0.6 is 11.3 Å². The van der Waals surface area contributed by atoms with Gasteiger partial charge in [0.25, 0.3) is 5.91 Å². The number of aryl methyl sites for hydroxylation is 1. The number of pyridine rings is 1. The summed E-state index contributed by atoms with van der Waals surface area (Å²) in [5.41, 5.74) is 3.16. The van der Waals surface area contributed by atoms with Crippen molar-refractivity contribution >= 4 is 17.2 Å². The van der Waals surface area contributed by atoms with Crippen molar-refractivity contribution in [3.8, 4) is 0 Å². The SMILES string of the molecule is Cc1cc(CN2CCCC2c2ccc(C(=O)NCCc3ccccn3)s2)n[nH]1. The number of rotatable bonds is 7. The smallest absolute Gasteiger partial charge is 0.261 e. The minimum Gasteiger partial charge on any atom is -0.351 e. The van der Waals surface area contributed by atoms with Gasteiger partial charge in [-0.25, -0.2) is 0 Å². The molecule has 6 nitrogen and oxygen atoms in total. The monoisotopic (exact) mass is 395 g/mol. The van der Waals surface area contributed by atoms with E-state index in [0.29, 0.717) is 12.6 Å². The summed E-state index contributed by atoms with van der Waals surface area (Å²) >= 11 is 1.61. The molecule has 0 spiro atoms. The fourth-order valence-corrected chi connectivity index (χ4v) is 4.79. The Morgan fingerprint density at radius 3 is 3.04 bits per heavy atom. The standard InChI is InChI=1S/C21H25N5OS/c1-15-13-17(25-24-15)14-26-12-4-6-18(26)19-7-8-20(28-19)21(27)23-11-9-16-5-2-3-10-22-16/h2-3,5,7-8,10,13,18H,4,6,9,11-12,14H2,1H3,(H,23,27)(H,24,25). The van der Waals surface area contributed by atoms with Crippen LogP contribution in [0, 0.1) is 6.92 Å². The topological polar surface area (TPSA) is 73.9 Å². The molecule has 4 rings (SSSR count). The lowest BCUT2D eigenvalue weighted by Gasteiger charge is -2.22. The Morgan fingerprint density at radius 2 is 2.25 bits per heavy atom. The van der Waals surface area contributed by atoms with E-state index < -0.39 is 0 Å². The van der Waals surface area contributed by atoms with Crippen molar-refractivity contribution in [3.63, 3.8) is 0 Å². The van der Waals surface area contributed by atoms with Crippen LogP contribution in [-0.2, 0) is 13.0 Å². The Labute approximate surface area is 169 Å². The van der Waals surface area contributed by atoms with E-state index in [0.717, 1.165) is 47.9 Å². The summed E-state index contributed by atoms with van der Waals surface area (Å²) in [6.07, 6.45) is 4.83. The molecule has 0 saturated carbocycles. The molecule has 1 atom stereocenters. The second-order valence-corrected chi connectivity index (χ2v) is 8.32. The number of aromatic nitrogens is 3. The average molecular weight is 396 g/mol. The summed E-state index contributed by atoms with van der Waals surface area (Å²) in [6, 6.07) is 12.4. The van der Waals surface area contributed by atoms with Crippen LogP contribution in [0.3, 0.4) is 0 Å². The average Bonchev–Trinajstić information content (AvgIpc) is 3.44. The predicted molar refractivity (Wildman–Crippen MR) is 110 cm³/mol. The van der Waals surface area contributed by atoms with Crippen LogP contribution in [0.2, 0.25) is 0 Å². The van der Waals surface area contributed by atoms with Crippen LogP contribution in [0.25, 0.3) is 0 Å². The zero-order valence-corrected chi connectivity index (χ0v) is 16.8. The first kappa shape index (κ1) is 18.8. The van der Waals surface area contributed by atoms with Gasteiger partial charge >= 0.3 is 0 Å². The minimum absolute atomic E-state index is 0.000320. The summed E-state index contributed by atoms with van der Waals surface area (Å²) in [4.78, 5) is 21.3. The van der Waals surface area contributed by atoms with E-state index in [-0.39, 0.29) is 5.91 Å². The number of nitrogens with one attached hydrogen (secondary N) is 2. The van der Waals surface area contributed by atoms with Crippen molar-refractivity contribution in [2.45, 2.75) is 38.8 Å². The molecular formula is C21H25N5OS. The molecule has 2 N–H and O–H groups in total. The van der Waals surface area contributed by atoms with Gasteiger partial charge < -0.3 is 5.32 Å². The summed E-state index contributed by atoms with van der Waals surface area (Å²) in [6.45, 7) is 4.53. The number of likely N-dealkylation sites (tertiary alicyclic amines) is 1. The third-order valence-electron chi connectivity index (χ3n) is 5.06. The van der Waals surface area contributed by atoms with Crippen LogP contribution in [-0.4, -0.2) is 39.1 Å². The van der Waals surface area contributed by atoms with E-state index in [9.17, 15) is 4.79 Å². The number of carbonyl (C=O) groups excluding carboxylic acids is 1. The van der Waals surface area contributed by atoms with E-state index in [1.165, 1.54) is 11.3 Å². The van der Waals surface area contributed by atoms with Crippen LogP contribution in [0.15, 0.2) is 42.6 Å². The molecule has 4 heterocycles. The van der Waals surface area contributed by atoms with Crippen molar-refractivity contribution in [3.05, 3.63) is 69.4 Å². The van der Waals surface area contributed by atoms with Crippen molar-refractivity contribution in [1.82, 2.24) is 25.4 Å². The third-order valence-corrected chi connectivity index (χ3v) is 6.24. The van der Waals surface area contributed by atoms with E-state index in [2.05, 4.69) is 37.5 Å². The van der Waals surface area contributed by atoms with Gasteiger partial charge in [-0.3, -0.25) is 19.8 Å². The molecule has 1 unspecified atom stereocenters. The fourth-order valence-electron chi connectivity index (χ4n) is 3.69. The summed E-state index contributed by atoms with van der Waals surface area (Å²) in [5, 5.41) is 10.4. The molecule has 1 aliphatic heterocycles. The highest BCUT2D eigenvalue weighted by Crippen LogP contribution is 2.36. The highest BCUT2D eigenvalue weighted by atomic mass is 32.1. The van der Waals surface area contributed by atoms with Crippen molar-refractivity contribution in [2.24, 2.45) is 0 Å². The summed E-state index contributed by atoms with van der Waals surface area (Å²) in [7, 11) is 0. The number of carbonyl (C=O) groups is 1. The molecule has 3 aromatic rings. The maximum atomic E-state index is 12.5. The second kappa shape index (κ2) is 8.67. The van der Waals surface area contributed by atoms with Crippen LogP contribution < -0.4 is 5.32 Å². The number of aromatic amines is 1. The molecule has 0 aliphatic carbocycles. The van der Waals surface area contributed by atoms with E-state index >= 15 is 0 Å². The number of hydrogen-bond acceptors (Lipinski definition) is 5. The molecular weight excluding hydrogens is 370 g/mol. The minimum atomic E-state index is -0.000320. The summed E-state index contributed by atoms with van der Waals surface area (Å²) < 4.78 is 0. The molecule has 0 aromatic carbocycles. The van der Waals surface area contributed by atoms with Gasteiger partial charge in [0.1, 0.15) is 0 Å². The van der Waals surface area contributed by atoms with Gasteiger partial charge in [-0.2, -0.15) is 5.10 Å². The van der Waals surface area contributed by atoms with Crippen LogP contribution in [0.5, 0.6) is 0 Å². The third kappa shape index (κ3) is 4.48. The summed E-state index contributed by atoms with van der Waals surface area (Å²) in [5.74, 6) is -0.000320. The van der Waals surface area contributed by atoms with Gasteiger partial charge in [-0.15, -0.1) is 11.3 Å². The Kier molecular flexibility index (Phi) is 5.83. The van der Waals surface area contributed by atoms with Crippen LogP contribution in [0.1, 0.15) is 50.5 Å². The molecule has 28 heavy (non-hydrogen) atoms. The normalized spacial score (nSPS) is 17.1. The maximum absolute atomic E-state index is 12.5. The van der Waals surface area contributed by atoms with Crippen molar-refractivity contribution in [1.29, 1.82) is 0 Å². The largest absolute Gasteiger partial charge is 0.351 e. The van der Waals surface area contributed by atoms with Gasteiger partial charge in [-0.05, 0) is 56.6 Å². The number of nitrogens with zero attached hydrogens (tertiary/aromatic N) is 3. The maximum Gasteiger partial charge on any atom is 0.261 e. The van der Waals surface area contributed by atoms with Gasteiger partial charge in [-0.1, -0.05) is 6.07 Å². The van der Waals surface area contributed by atoms with Crippen molar-refractivity contribution < 1.29 is 4.79 Å². The molecule has 0 radical (unpaired) electrons. The lowest BCUT2D eigenvalue weighted by molar-refractivity contribution is 0.0958. The van der Waals surface area contributed by atoms with E-state index in [1.54, 1.807) is 17.5 Å². The molecule has 1 aliphatic rings. The zero-order valence-electron chi connectivity index (χ0n) is 16.0. The quantitative estimate of drug-likeness (QED) is 0.642. The highest BCUT2D eigenvalue weighted by molar-refractivity contribution is 7.14. The first-order chi connectivity index (χ1) is 13.7. The lowest BCUT2D eigenvalue weighted by Crippen LogP contribution is -2.25. The first-order valence-corrected chi connectivity index (χ1v) is 10.5. The van der Waals surface area contributed by atoms with Gasteiger partial charge in [0.05, 0.1) is 10.6 Å².